The summed E-state index contributed by atoms with van der Waals surface area (Å²) in [5, 5.41) is 3.08. The van der Waals surface area contributed by atoms with Crippen molar-refractivity contribution in [2.24, 2.45) is 0 Å². The normalized spacial score (nSPS) is 23.0. The molecule has 1 aliphatic heterocycles. The van der Waals surface area contributed by atoms with Crippen LogP contribution in [0.5, 0.6) is 0 Å². The molecule has 1 aliphatic carbocycles. The summed E-state index contributed by atoms with van der Waals surface area (Å²) < 4.78 is 48.9. The fraction of sp³-hybridized carbons (Fsp3) is 0.368. The zero-order chi connectivity index (χ0) is 18.7. The van der Waals surface area contributed by atoms with Crippen LogP contribution >= 0.6 is 11.9 Å². The predicted octanol–water partition coefficient (Wildman–Crippen LogP) is 4.62. The summed E-state index contributed by atoms with van der Waals surface area (Å²) in [4.78, 5) is 0.762. The zero-order valence-electron chi connectivity index (χ0n) is 14.6. The summed E-state index contributed by atoms with van der Waals surface area (Å²) in [5.74, 6) is -1.41. The SMILES string of the molecule is CNCC1=CN(SC2=CCCC(F)=C2)C(c2ccc(F)cc2F)C1OC. The van der Waals surface area contributed by atoms with E-state index in [1.165, 1.54) is 30.2 Å². The molecule has 2 atom stereocenters. The molecule has 3 nitrogen and oxygen atoms in total. The summed E-state index contributed by atoms with van der Waals surface area (Å²) in [6, 6.07) is 3.08. The van der Waals surface area contributed by atoms with Crippen LogP contribution in [0.25, 0.3) is 0 Å². The van der Waals surface area contributed by atoms with Crippen molar-refractivity contribution in [3.8, 4) is 0 Å². The maximum Gasteiger partial charge on any atom is 0.131 e. The summed E-state index contributed by atoms with van der Waals surface area (Å²) in [7, 11) is 3.38. The van der Waals surface area contributed by atoms with Gasteiger partial charge in [0.05, 0.1) is 6.04 Å². The quantitative estimate of drug-likeness (QED) is 0.726. The van der Waals surface area contributed by atoms with Gasteiger partial charge in [-0.2, -0.15) is 0 Å². The molecule has 0 bridgehead atoms. The lowest BCUT2D eigenvalue weighted by Gasteiger charge is -2.30. The minimum Gasteiger partial charge on any atom is -0.374 e. The van der Waals surface area contributed by atoms with Gasteiger partial charge in [0.1, 0.15) is 23.6 Å². The number of halogens is 3. The maximum absolute atomic E-state index is 14.5. The van der Waals surface area contributed by atoms with Gasteiger partial charge in [-0.15, -0.1) is 0 Å². The number of allylic oxidation sites excluding steroid dienone is 3. The van der Waals surface area contributed by atoms with Gasteiger partial charge in [-0.3, -0.25) is 0 Å². The van der Waals surface area contributed by atoms with Gasteiger partial charge in [0.15, 0.2) is 0 Å². The highest BCUT2D eigenvalue weighted by atomic mass is 32.2. The van der Waals surface area contributed by atoms with Crippen molar-refractivity contribution in [1.82, 2.24) is 9.62 Å². The van der Waals surface area contributed by atoms with Crippen LogP contribution in [0, 0.1) is 11.6 Å². The van der Waals surface area contributed by atoms with Crippen LogP contribution in [0.2, 0.25) is 0 Å². The van der Waals surface area contributed by atoms with Crippen molar-refractivity contribution < 1.29 is 17.9 Å². The smallest absolute Gasteiger partial charge is 0.131 e. The third-order valence-corrected chi connectivity index (χ3v) is 5.41. The van der Waals surface area contributed by atoms with Gasteiger partial charge < -0.3 is 14.4 Å². The summed E-state index contributed by atoms with van der Waals surface area (Å²) >= 11 is 1.33. The van der Waals surface area contributed by atoms with Crippen LogP contribution in [0.1, 0.15) is 24.4 Å². The van der Waals surface area contributed by atoms with Crippen LogP contribution < -0.4 is 5.32 Å². The van der Waals surface area contributed by atoms with Gasteiger partial charge in [-0.05, 0) is 43.1 Å². The highest BCUT2D eigenvalue weighted by molar-refractivity contribution is 8.01. The standard InChI is InChI=1S/C19H21F3N2OS/c1-23-10-12-11-24(26-15-5-3-4-13(20)8-15)18(19(12)25-2)16-7-6-14(21)9-17(16)22/h5-9,11,18-19,23H,3-4,10H2,1-2H3. The van der Waals surface area contributed by atoms with E-state index >= 15 is 0 Å². The second-order valence-electron chi connectivity index (χ2n) is 6.19. The fourth-order valence-corrected chi connectivity index (χ4v) is 4.37. The average molecular weight is 382 g/mol. The van der Waals surface area contributed by atoms with Crippen LogP contribution in [-0.4, -0.2) is 31.1 Å². The first-order valence-electron chi connectivity index (χ1n) is 8.39. The van der Waals surface area contributed by atoms with E-state index in [1.54, 1.807) is 7.11 Å². The molecule has 0 saturated carbocycles. The Balaban J connectivity index is 1.95. The van der Waals surface area contributed by atoms with E-state index in [0.29, 0.717) is 24.9 Å². The Morgan fingerprint density at radius 3 is 2.77 bits per heavy atom. The van der Waals surface area contributed by atoms with Gasteiger partial charge >= 0.3 is 0 Å². The molecule has 7 heteroatoms. The summed E-state index contributed by atoms with van der Waals surface area (Å²) in [6.45, 7) is 0.568. The lowest BCUT2D eigenvalue weighted by Crippen LogP contribution is -2.29. The number of ether oxygens (including phenoxy) is 1. The number of benzene rings is 1. The largest absolute Gasteiger partial charge is 0.374 e. The van der Waals surface area contributed by atoms with Crippen molar-refractivity contribution in [1.29, 1.82) is 0 Å². The first kappa shape index (κ1) is 19.1. The van der Waals surface area contributed by atoms with E-state index in [2.05, 4.69) is 5.32 Å². The number of rotatable bonds is 6. The molecule has 0 spiro atoms. The van der Waals surface area contributed by atoms with Gasteiger partial charge in [-0.25, -0.2) is 13.2 Å². The highest BCUT2D eigenvalue weighted by Gasteiger charge is 2.38. The Morgan fingerprint density at radius 1 is 1.31 bits per heavy atom. The first-order valence-corrected chi connectivity index (χ1v) is 9.16. The minimum absolute atomic E-state index is 0.165. The minimum atomic E-state index is -0.624. The van der Waals surface area contributed by atoms with Gasteiger partial charge in [0, 0.05) is 42.8 Å². The molecule has 26 heavy (non-hydrogen) atoms. The highest BCUT2D eigenvalue weighted by Crippen LogP contribution is 2.44. The number of nitrogens with one attached hydrogen (secondary N) is 1. The molecule has 1 aromatic rings. The lowest BCUT2D eigenvalue weighted by atomic mass is 9.98. The van der Waals surface area contributed by atoms with Gasteiger partial charge in [0.25, 0.3) is 0 Å². The third kappa shape index (κ3) is 4.00. The van der Waals surface area contributed by atoms with E-state index in [1.807, 2.05) is 23.6 Å². The Bertz CT molecular complexity index is 763. The zero-order valence-corrected chi connectivity index (χ0v) is 15.5. The van der Waals surface area contributed by atoms with E-state index in [-0.39, 0.29) is 5.83 Å². The summed E-state index contributed by atoms with van der Waals surface area (Å²) in [5.41, 5.74) is 1.28. The Hall–Kier alpha value is -1.70. The van der Waals surface area contributed by atoms with Crippen molar-refractivity contribution in [3.63, 3.8) is 0 Å². The van der Waals surface area contributed by atoms with Gasteiger partial charge in [-0.1, -0.05) is 12.1 Å². The van der Waals surface area contributed by atoms with E-state index in [4.69, 9.17) is 4.74 Å². The molecular weight excluding hydrogens is 361 g/mol. The van der Waals surface area contributed by atoms with E-state index in [9.17, 15) is 13.2 Å². The molecule has 1 aromatic carbocycles. The van der Waals surface area contributed by atoms with Crippen LogP contribution in [0.3, 0.4) is 0 Å². The topological polar surface area (TPSA) is 24.5 Å². The number of likely N-dealkylation sites (N-methyl/N-ethyl adjacent to an activating group) is 1. The molecule has 0 amide bonds. The van der Waals surface area contributed by atoms with Crippen molar-refractivity contribution in [2.75, 3.05) is 20.7 Å². The number of nitrogens with zero attached hydrogens (tertiary/aromatic N) is 1. The predicted molar refractivity (Wildman–Crippen MR) is 97.8 cm³/mol. The Morgan fingerprint density at radius 2 is 2.12 bits per heavy atom. The molecule has 140 valence electrons. The number of hydrogen-bond donors (Lipinski definition) is 1. The average Bonchev–Trinajstić information content (AvgIpc) is 2.92. The van der Waals surface area contributed by atoms with E-state index in [0.717, 1.165) is 16.5 Å². The fourth-order valence-electron chi connectivity index (χ4n) is 3.23. The number of hydrogen-bond acceptors (Lipinski definition) is 4. The molecule has 3 rings (SSSR count). The molecule has 2 aliphatic rings. The van der Waals surface area contributed by atoms with Crippen LogP contribution in [-0.2, 0) is 4.74 Å². The van der Waals surface area contributed by atoms with Crippen molar-refractivity contribution in [2.45, 2.75) is 25.0 Å². The molecule has 0 radical (unpaired) electrons. The Kier molecular flexibility index (Phi) is 6.11. The molecule has 0 fully saturated rings. The monoisotopic (exact) mass is 382 g/mol. The second kappa shape index (κ2) is 8.33. The lowest BCUT2D eigenvalue weighted by molar-refractivity contribution is 0.0942. The molecule has 0 aromatic heterocycles. The molecular formula is C19H21F3N2OS. The number of methoxy groups -OCH3 is 1. The van der Waals surface area contributed by atoms with E-state index < -0.39 is 23.8 Å². The Labute approximate surface area is 155 Å². The second-order valence-corrected chi connectivity index (χ2v) is 7.26. The molecule has 1 N–H and O–H groups in total. The van der Waals surface area contributed by atoms with Gasteiger partial charge in [0.2, 0.25) is 0 Å². The maximum atomic E-state index is 14.5. The third-order valence-electron chi connectivity index (χ3n) is 4.37. The molecule has 0 saturated heterocycles. The van der Waals surface area contributed by atoms with Crippen LogP contribution in [0.4, 0.5) is 13.2 Å². The van der Waals surface area contributed by atoms with Crippen molar-refractivity contribution in [3.05, 3.63) is 70.1 Å². The summed E-state index contributed by atoms with van der Waals surface area (Å²) in [6.07, 6.45) is 5.99. The first-order chi connectivity index (χ1) is 12.5. The van der Waals surface area contributed by atoms with Crippen molar-refractivity contribution >= 4 is 11.9 Å². The molecule has 1 heterocycles. The molecule has 2 unspecified atom stereocenters. The van der Waals surface area contributed by atoms with Crippen LogP contribution in [0.15, 0.2) is 52.9 Å².